The van der Waals surface area contributed by atoms with Crippen LogP contribution < -0.4 is 10.1 Å². The molecule has 0 amide bonds. The summed E-state index contributed by atoms with van der Waals surface area (Å²) in [6.07, 6.45) is 5.56. The number of pyridine rings is 1. The zero-order valence-corrected chi connectivity index (χ0v) is 21.1. The number of hydrogen-bond acceptors (Lipinski definition) is 9. The van der Waals surface area contributed by atoms with Gasteiger partial charge in [0.15, 0.2) is 28.6 Å². The van der Waals surface area contributed by atoms with Crippen LogP contribution in [0.5, 0.6) is 11.5 Å². The minimum Gasteiger partial charge on any atom is -0.452 e. The molecule has 5 aromatic heterocycles. The molecule has 13 heteroatoms. The first-order valence-corrected chi connectivity index (χ1v) is 12.0. The van der Waals surface area contributed by atoms with Gasteiger partial charge in [-0.25, -0.2) is 9.50 Å². The number of nitrogens with one attached hydrogen (secondary N) is 1. The van der Waals surface area contributed by atoms with Gasteiger partial charge >= 0.3 is 0 Å². The van der Waals surface area contributed by atoms with Crippen molar-refractivity contribution in [3.8, 4) is 11.5 Å². The number of imidazole rings is 1. The number of fused-ring (bicyclic) bond motifs is 2. The van der Waals surface area contributed by atoms with Gasteiger partial charge in [0, 0.05) is 36.9 Å². The van der Waals surface area contributed by atoms with Crippen molar-refractivity contribution in [3.63, 3.8) is 0 Å². The average molecular weight is 509 g/mol. The standard InChI is InChI=1S/C23H25ClN10O2/c1-23(2,3)16-8-17(31-34(16)13-5-6-35-11-13)28-22-29-21-20(32(22)4)19(24)15(10-25-21)36-14-7-18-30-26-12-33(18)27-9-14/h7-10,12-13H,5-6,11H2,1-4H3,(H,25,28,29,31)/t13-/m1/s1. The van der Waals surface area contributed by atoms with E-state index in [0.29, 0.717) is 51.7 Å². The second-order valence-electron chi connectivity index (χ2n) is 9.78. The maximum Gasteiger partial charge on any atom is 0.210 e. The third-order valence-corrected chi connectivity index (χ3v) is 6.53. The van der Waals surface area contributed by atoms with E-state index in [2.05, 4.69) is 62.1 Å². The van der Waals surface area contributed by atoms with Crippen molar-refractivity contribution in [2.75, 3.05) is 18.5 Å². The molecule has 1 fully saturated rings. The predicted octanol–water partition coefficient (Wildman–Crippen LogP) is 4.05. The first kappa shape index (κ1) is 22.7. The van der Waals surface area contributed by atoms with Gasteiger partial charge < -0.3 is 19.4 Å². The van der Waals surface area contributed by atoms with E-state index in [1.54, 1.807) is 23.0 Å². The van der Waals surface area contributed by atoms with Crippen LogP contribution in [-0.2, 0) is 17.2 Å². The highest BCUT2D eigenvalue weighted by Crippen LogP contribution is 2.36. The molecule has 1 N–H and O–H groups in total. The number of ether oxygens (including phenoxy) is 2. The Balaban J connectivity index is 1.32. The molecule has 0 unspecified atom stereocenters. The van der Waals surface area contributed by atoms with Gasteiger partial charge in [0.2, 0.25) is 5.95 Å². The monoisotopic (exact) mass is 508 g/mol. The lowest BCUT2D eigenvalue weighted by Gasteiger charge is -2.22. The summed E-state index contributed by atoms with van der Waals surface area (Å²) in [5.74, 6) is 2.11. The molecule has 0 saturated carbocycles. The van der Waals surface area contributed by atoms with E-state index in [-0.39, 0.29) is 11.5 Å². The number of nitrogens with zero attached hydrogens (tertiary/aromatic N) is 9. The average Bonchev–Trinajstić information content (AvgIpc) is 3.62. The summed E-state index contributed by atoms with van der Waals surface area (Å²) >= 11 is 6.74. The van der Waals surface area contributed by atoms with Crippen molar-refractivity contribution in [3.05, 3.63) is 41.6 Å². The molecule has 1 aliphatic heterocycles. The Bertz CT molecular complexity index is 1580. The van der Waals surface area contributed by atoms with E-state index in [1.807, 2.05) is 11.6 Å². The third-order valence-electron chi connectivity index (χ3n) is 6.17. The fourth-order valence-electron chi connectivity index (χ4n) is 4.31. The molecule has 1 aliphatic rings. The summed E-state index contributed by atoms with van der Waals surface area (Å²) in [4.78, 5) is 9.10. The fourth-order valence-corrected chi connectivity index (χ4v) is 4.61. The predicted molar refractivity (Wildman–Crippen MR) is 133 cm³/mol. The van der Waals surface area contributed by atoms with Gasteiger partial charge in [-0.2, -0.15) is 15.2 Å². The molecular formula is C23H25ClN10O2. The Morgan fingerprint density at radius 3 is 2.86 bits per heavy atom. The van der Waals surface area contributed by atoms with Crippen LogP contribution in [0, 0.1) is 0 Å². The SMILES string of the molecule is Cn1c(Nc2cc(C(C)(C)C)n([C@@H]3CCOC3)n2)nc2ncc(Oc3cnn4cnnc4c3)c(Cl)c21. The number of aromatic nitrogens is 9. The number of anilines is 2. The van der Waals surface area contributed by atoms with Crippen LogP contribution in [0.3, 0.4) is 0 Å². The van der Waals surface area contributed by atoms with Gasteiger partial charge in [0.05, 0.1) is 25.0 Å². The molecule has 12 nitrogen and oxygen atoms in total. The lowest BCUT2D eigenvalue weighted by molar-refractivity contribution is 0.183. The van der Waals surface area contributed by atoms with Gasteiger partial charge in [-0.15, -0.1) is 10.2 Å². The van der Waals surface area contributed by atoms with Crippen molar-refractivity contribution in [1.29, 1.82) is 0 Å². The summed E-state index contributed by atoms with van der Waals surface area (Å²) in [5.41, 5.74) is 2.73. The lowest BCUT2D eigenvalue weighted by Crippen LogP contribution is -2.22. The fraction of sp³-hybridized carbons (Fsp3) is 0.391. The van der Waals surface area contributed by atoms with E-state index >= 15 is 0 Å². The van der Waals surface area contributed by atoms with E-state index < -0.39 is 0 Å². The second kappa shape index (κ2) is 8.42. The molecule has 0 spiro atoms. The maximum atomic E-state index is 6.74. The van der Waals surface area contributed by atoms with Crippen LogP contribution in [-0.4, -0.2) is 57.3 Å². The second-order valence-corrected chi connectivity index (χ2v) is 10.2. The Labute approximate surface area is 211 Å². The molecule has 0 radical (unpaired) electrons. The highest BCUT2D eigenvalue weighted by Gasteiger charge is 2.28. The molecule has 186 valence electrons. The molecule has 36 heavy (non-hydrogen) atoms. The number of hydrogen-bond donors (Lipinski definition) is 1. The van der Waals surface area contributed by atoms with Gasteiger partial charge in [-0.05, 0) is 6.42 Å². The largest absolute Gasteiger partial charge is 0.452 e. The zero-order chi connectivity index (χ0) is 25.0. The molecule has 0 bridgehead atoms. The van der Waals surface area contributed by atoms with E-state index in [9.17, 15) is 0 Å². The van der Waals surface area contributed by atoms with Crippen molar-refractivity contribution >= 4 is 40.2 Å². The highest BCUT2D eigenvalue weighted by atomic mass is 35.5. The normalized spacial score (nSPS) is 16.3. The smallest absolute Gasteiger partial charge is 0.210 e. The molecule has 5 aromatic rings. The quantitative estimate of drug-likeness (QED) is 0.374. The Hall–Kier alpha value is -3.77. The molecule has 1 atom stereocenters. The molecule has 0 aliphatic carbocycles. The molecule has 6 rings (SSSR count). The first-order valence-electron chi connectivity index (χ1n) is 11.6. The van der Waals surface area contributed by atoms with Gasteiger partial charge in [-0.3, -0.25) is 4.68 Å². The van der Waals surface area contributed by atoms with Crippen LogP contribution in [0.25, 0.3) is 16.8 Å². The number of halogens is 1. The lowest BCUT2D eigenvalue weighted by atomic mass is 9.91. The van der Waals surface area contributed by atoms with Crippen molar-refractivity contribution in [2.24, 2.45) is 7.05 Å². The van der Waals surface area contributed by atoms with Crippen LogP contribution in [0.4, 0.5) is 11.8 Å². The number of rotatable bonds is 5. The molecule has 0 aromatic carbocycles. The summed E-state index contributed by atoms with van der Waals surface area (Å²) in [6, 6.07) is 4.00. The zero-order valence-electron chi connectivity index (χ0n) is 20.3. The van der Waals surface area contributed by atoms with Crippen LogP contribution in [0.15, 0.2) is 30.9 Å². The maximum absolute atomic E-state index is 6.74. The first-order chi connectivity index (χ1) is 17.3. The van der Waals surface area contributed by atoms with Crippen molar-refractivity contribution in [2.45, 2.75) is 38.6 Å². The topological polar surface area (TPSA) is 122 Å². The van der Waals surface area contributed by atoms with Crippen LogP contribution >= 0.6 is 11.6 Å². The Kier molecular flexibility index (Phi) is 5.30. The summed E-state index contributed by atoms with van der Waals surface area (Å²) < 4.78 is 17.0. The van der Waals surface area contributed by atoms with Gasteiger partial charge in [0.25, 0.3) is 0 Å². The summed E-state index contributed by atoms with van der Waals surface area (Å²) in [5, 5.41) is 20.6. The molecule has 1 saturated heterocycles. The van der Waals surface area contributed by atoms with Crippen molar-refractivity contribution in [1.82, 2.24) is 44.1 Å². The van der Waals surface area contributed by atoms with Crippen LogP contribution in [0.2, 0.25) is 5.02 Å². The third kappa shape index (κ3) is 3.91. The summed E-state index contributed by atoms with van der Waals surface area (Å²) in [7, 11) is 1.87. The minimum absolute atomic E-state index is 0.0801. The molecular weight excluding hydrogens is 484 g/mol. The van der Waals surface area contributed by atoms with E-state index in [0.717, 1.165) is 18.7 Å². The van der Waals surface area contributed by atoms with Crippen LogP contribution in [0.1, 0.15) is 38.9 Å². The summed E-state index contributed by atoms with van der Waals surface area (Å²) in [6.45, 7) is 7.95. The number of aryl methyl sites for hydroxylation is 1. The Morgan fingerprint density at radius 1 is 1.22 bits per heavy atom. The van der Waals surface area contributed by atoms with E-state index in [4.69, 9.17) is 26.2 Å². The Morgan fingerprint density at radius 2 is 2.08 bits per heavy atom. The van der Waals surface area contributed by atoms with Gasteiger partial charge in [0.1, 0.15) is 16.9 Å². The van der Waals surface area contributed by atoms with Crippen molar-refractivity contribution < 1.29 is 9.47 Å². The van der Waals surface area contributed by atoms with E-state index in [1.165, 1.54) is 6.33 Å². The minimum atomic E-state index is -0.0801. The molecule has 6 heterocycles. The highest BCUT2D eigenvalue weighted by molar-refractivity contribution is 6.36. The van der Waals surface area contributed by atoms with Gasteiger partial charge in [-0.1, -0.05) is 32.4 Å².